The normalized spacial score (nSPS) is 11.6. The number of halogens is 1. The lowest BCUT2D eigenvalue weighted by molar-refractivity contribution is 0.0601. The van der Waals surface area contributed by atoms with E-state index in [4.69, 9.17) is 4.74 Å². The van der Waals surface area contributed by atoms with E-state index in [1.807, 2.05) is 0 Å². The molecule has 1 amide bonds. The van der Waals surface area contributed by atoms with Crippen LogP contribution in [-0.2, 0) is 11.2 Å². The smallest absolute Gasteiger partial charge is 0.340 e. The van der Waals surface area contributed by atoms with Gasteiger partial charge in [0, 0.05) is 26.0 Å². The second kappa shape index (κ2) is 9.18. The molecule has 0 aliphatic carbocycles. The van der Waals surface area contributed by atoms with E-state index >= 15 is 0 Å². The monoisotopic (exact) mass is 480 g/mol. The predicted octanol–water partition coefficient (Wildman–Crippen LogP) is 4.18. The lowest BCUT2D eigenvalue weighted by Gasteiger charge is -2.17. The fraction of sp³-hybridized carbons (Fsp3) is 0.261. The van der Waals surface area contributed by atoms with Crippen LogP contribution in [0.15, 0.2) is 43.0 Å². The number of carbonyl (C=O) groups is 2. The van der Waals surface area contributed by atoms with Gasteiger partial charge in [0.15, 0.2) is 0 Å². The zero-order valence-electron chi connectivity index (χ0n) is 19.3. The summed E-state index contributed by atoms with van der Waals surface area (Å²) in [5.41, 5.74) is 2.24. The number of hydrogen-bond donors (Lipinski definition) is 2. The number of anilines is 1. The molecule has 4 rings (SSSR count). The molecular formula is C23H25FN6O3Si. The molecule has 3 heterocycles. The number of benzene rings is 1. The molecule has 4 aromatic rings. The Balaban J connectivity index is 1.64. The van der Waals surface area contributed by atoms with Gasteiger partial charge in [-0.3, -0.25) is 14.3 Å². The van der Waals surface area contributed by atoms with E-state index in [9.17, 15) is 14.0 Å². The van der Waals surface area contributed by atoms with Crippen molar-refractivity contribution >= 4 is 31.4 Å². The molecule has 34 heavy (non-hydrogen) atoms. The number of rotatable bonds is 7. The maximum atomic E-state index is 14.7. The molecule has 176 valence electrons. The van der Waals surface area contributed by atoms with Gasteiger partial charge in [-0.15, -0.1) is 0 Å². The number of amides is 1. The summed E-state index contributed by atoms with van der Waals surface area (Å²) >= 11 is 0. The highest BCUT2D eigenvalue weighted by Gasteiger charge is 2.21. The first kappa shape index (κ1) is 23.3. The van der Waals surface area contributed by atoms with Crippen LogP contribution >= 0.6 is 0 Å². The summed E-state index contributed by atoms with van der Waals surface area (Å²) in [4.78, 5) is 33.9. The van der Waals surface area contributed by atoms with E-state index in [2.05, 4.69) is 45.1 Å². The van der Waals surface area contributed by atoms with Gasteiger partial charge in [0.05, 0.1) is 36.4 Å². The molecule has 0 radical (unpaired) electrons. The molecule has 0 bridgehead atoms. The Morgan fingerprint density at radius 2 is 2.03 bits per heavy atom. The quantitative estimate of drug-likeness (QED) is 0.303. The maximum absolute atomic E-state index is 14.7. The predicted molar refractivity (Wildman–Crippen MR) is 128 cm³/mol. The Labute approximate surface area is 196 Å². The van der Waals surface area contributed by atoms with E-state index < -0.39 is 25.8 Å². The number of methoxy groups -OCH3 is 1. The molecule has 0 saturated carbocycles. The van der Waals surface area contributed by atoms with Crippen LogP contribution in [0, 0.1) is 5.82 Å². The minimum Gasteiger partial charge on any atom is -0.465 e. The molecule has 0 atom stereocenters. The number of aromatic amines is 1. The van der Waals surface area contributed by atoms with E-state index in [0.717, 1.165) is 23.4 Å². The number of fused-ring (bicyclic) bond motifs is 1. The van der Waals surface area contributed by atoms with Crippen molar-refractivity contribution in [1.82, 2.24) is 24.6 Å². The molecule has 9 nitrogen and oxygen atoms in total. The van der Waals surface area contributed by atoms with Crippen LogP contribution < -0.4 is 5.32 Å². The highest BCUT2D eigenvalue weighted by atomic mass is 28.3. The summed E-state index contributed by atoms with van der Waals surface area (Å²) in [7, 11) is -0.218. The Kier molecular flexibility index (Phi) is 6.29. The van der Waals surface area contributed by atoms with Gasteiger partial charge < -0.3 is 10.1 Å². The van der Waals surface area contributed by atoms with Crippen LogP contribution in [0.1, 0.15) is 26.4 Å². The van der Waals surface area contributed by atoms with Gasteiger partial charge in [0.2, 0.25) is 5.78 Å². The summed E-state index contributed by atoms with van der Waals surface area (Å²) in [5, 5.41) is 9.38. The molecule has 11 heteroatoms. The van der Waals surface area contributed by atoms with E-state index in [1.165, 1.54) is 13.2 Å². The van der Waals surface area contributed by atoms with Crippen molar-refractivity contribution in [1.29, 1.82) is 0 Å². The minimum atomic E-state index is -1.42. The van der Waals surface area contributed by atoms with Gasteiger partial charge in [0.25, 0.3) is 5.91 Å². The first-order valence-corrected chi connectivity index (χ1v) is 14.4. The zero-order chi connectivity index (χ0) is 24.5. The van der Waals surface area contributed by atoms with Crippen molar-refractivity contribution < 1.29 is 18.7 Å². The van der Waals surface area contributed by atoms with Crippen molar-refractivity contribution in [3.63, 3.8) is 0 Å². The standard InChI is InChI=1S/C23H25FN6O3Si/c1-33-22(32)16-10-17(24)14(6-8-34(2,3)4)9-19(16)28-21(31)18-5-7-30-20(13-25-23(30)29-18)15-11-26-27-12-15/h5,7,9-13H,6,8H2,1-4H3,(H,26,27)(H,28,31). The molecule has 3 aromatic heterocycles. The maximum Gasteiger partial charge on any atom is 0.340 e. The van der Waals surface area contributed by atoms with Crippen LogP contribution in [0.5, 0.6) is 0 Å². The third-order valence-electron chi connectivity index (χ3n) is 5.39. The first-order valence-electron chi connectivity index (χ1n) is 10.7. The number of imidazole rings is 1. The van der Waals surface area contributed by atoms with E-state index in [-0.39, 0.29) is 16.9 Å². The summed E-state index contributed by atoms with van der Waals surface area (Å²) in [6.07, 6.45) is 7.22. The fourth-order valence-corrected chi connectivity index (χ4v) is 4.51. The Hall–Kier alpha value is -3.86. The number of carbonyl (C=O) groups excluding carboxylic acids is 2. The van der Waals surface area contributed by atoms with Gasteiger partial charge in [-0.2, -0.15) is 5.10 Å². The number of nitrogens with one attached hydrogen (secondary N) is 2. The number of aromatic nitrogens is 5. The number of H-pyrrole nitrogens is 1. The number of esters is 1. The lowest BCUT2D eigenvalue weighted by Crippen LogP contribution is -2.21. The minimum absolute atomic E-state index is 0.0609. The van der Waals surface area contributed by atoms with Crippen molar-refractivity contribution in [2.75, 3.05) is 12.4 Å². The molecule has 0 saturated heterocycles. The van der Waals surface area contributed by atoms with Crippen LogP contribution in [-0.4, -0.2) is 51.6 Å². The van der Waals surface area contributed by atoms with E-state index in [1.54, 1.807) is 35.3 Å². The van der Waals surface area contributed by atoms with Crippen molar-refractivity contribution in [2.45, 2.75) is 32.1 Å². The summed E-state index contributed by atoms with van der Waals surface area (Å²) in [6, 6.07) is 5.03. The average Bonchev–Trinajstić information content (AvgIpc) is 3.47. The Morgan fingerprint density at radius 1 is 1.24 bits per heavy atom. The number of nitrogens with zero attached hydrogens (tertiary/aromatic N) is 4. The summed E-state index contributed by atoms with van der Waals surface area (Å²) < 4.78 is 21.2. The van der Waals surface area contributed by atoms with Crippen molar-refractivity contribution in [2.24, 2.45) is 0 Å². The molecule has 1 aromatic carbocycles. The van der Waals surface area contributed by atoms with Gasteiger partial charge in [0.1, 0.15) is 11.5 Å². The molecular weight excluding hydrogens is 455 g/mol. The Bertz CT molecular complexity index is 1360. The Morgan fingerprint density at radius 3 is 2.71 bits per heavy atom. The first-order chi connectivity index (χ1) is 16.2. The topological polar surface area (TPSA) is 114 Å². The van der Waals surface area contributed by atoms with Crippen LogP contribution in [0.25, 0.3) is 17.0 Å². The number of ether oxygens (including phenoxy) is 1. The number of hydrogen-bond acceptors (Lipinski definition) is 6. The third kappa shape index (κ3) is 4.88. The fourth-order valence-electron chi connectivity index (χ4n) is 3.49. The van der Waals surface area contributed by atoms with Crippen molar-refractivity contribution in [3.8, 4) is 11.3 Å². The van der Waals surface area contributed by atoms with Crippen LogP contribution in [0.3, 0.4) is 0 Å². The molecule has 0 fully saturated rings. The second-order valence-electron chi connectivity index (χ2n) is 9.11. The molecule has 0 aliphatic heterocycles. The summed E-state index contributed by atoms with van der Waals surface area (Å²) in [5.74, 6) is -1.47. The SMILES string of the molecule is COC(=O)c1cc(F)c(CC[Si](C)(C)C)cc1NC(=O)c1ccn2c(-c3cn[nH]c3)cnc2n1. The van der Waals surface area contributed by atoms with Gasteiger partial charge in [-0.05, 0) is 30.2 Å². The molecule has 0 aliphatic rings. The highest BCUT2D eigenvalue weighted by molar-refractivity contribution is 6.76. The molecule has 0 spiro atoms. The van der Waals surface area contributed by atoms with Crippen LogP contribution in [0.2, 0.25) is 25.7 Å². The molecule has 0 unspecified atom stereocenters. The average molecular weight is 481 g/mol. The van der Waals surface area contributed by atoms with Crippen molar-refractivity contribution in [3.05, 3.63) is 65.6 Å². The lowest BCUT2D eigenvalue weighted by atomic mass is 10.1. The third-order valence-corrected chi connectivity index (χ3v) is 7.14. The summed E-state index contributed by atoms with van der Waals surface area (Å²) in [6.45, 7) is 6.60. The molecule has 2 N–H and O–H groups in total. The van der Waals surface area contributed by atoms with Gasteiger partial charge >= 0.3 is 5.97 Å². The largest absolute Gasteiger partial charge is 0.465 e. The van der Waals surface area contributed by atoms with Crippen LogP contribution in [0.4, 0.5) is 10.1 Å². The zero-order valence-corrected chi connectivity index (χ0v) is 20.3. The van der Waals surface area contributed by atoms with Gasteiger partial charge in [-0.1, -0.05) is 25.7 Å². The second-order valence-corrected chi connectivity index (χ2v) is 14.7. The number of aryl methyl sites for hydroxylation is 1. The van der Waals surface area contributed by atoms with E-state index in [0.29, 0.717) is 17.8 Å². The highest BCUT2D eigenvalue weighted by Crippen LogP contribution is 2.26. The van der Waals surface area contributed by atoms with Gasteiger partial charge in [-0.25, -0.2) is 19.2 Å².